The highest BCUT2D eigenvalue weighted by atomic mass is 35.5. The van der Waals surface area contributed by atoms with E-state index in [2.05, 4.69) is 10.6 Å². The SMILES string of the molecule is CCC(Sc1cccc(NC(=O)c2cccc(Cl)c2)c1)C(=O)Nc1cccc(Cl)c1Cl. The summed E-state index contributed by atoms with van der Waals surface area (Å²) in [6.07, 6.45) is 0.605. The molecule has 31 heavy (non-hydrogen) atoms. The van der Waals surface area contributed by atoms with Crippen LogP contribution in [0, 0.1) is 0 Å². The maximum atomic E-state index is 12.8. The zero-order valence-corrected chi connectivity index (χ0v) is 19.6. The normalized spacial score (nSPS) is 11.6. The Labute approximate surface area is 200 Å². The van der Waals surface area contributed by atoms with Crippen LogP contribution < -0.4 is 10.6 Å². The summed E-state index contributed by atoms with van der Waals surface area (Å²) in [6, 6.07) is 19.2. The Balaban J connectivity index is 1.69. The second kappa shape index (κ2) is 10.9. The topological polar surface area (TPSA) is 58.2 Å². The molecule has 0 fully saturated rings. The van der Waals surface area contributed by atoms with Crippen molar-refractivity contribution in [2.75, 3.05) is 10.6 Å². The fraction of sp³-hybridized carbons (Fsp3) is 0.130. The highest BCUT2D eigenvalue weighted by molar-refractivity contribution is 8.00. The van der Waals surface area contributed by atoms with E-state index in [1.54, 1.807) is 48.5 Å². The number of nitrogens with one attached hydrogen (secondary N) is 2. The summed E-state index contributed by atoms with van der Waals surface area (Å²) in [5.74, 6) is -0.435. The number of carbonyl (C=O) groups excluding carboxylic acids is 2. The van der Waals surface area contributed by atoms with Gasteiger partial charge in [0, 0.05) is 21.2 Å². The number of halogens is 3. The smallest absolute Gasteiger partial charge is 0.255 e. The highest BCUT2D eigenvalue weighted by Gasteiger charge is 2.20. The van der Waals surface area contributed by atoms with Crippen LogP contribution >= 0.6 is 46.6 Å². The van der Waals surface area contributed by atoms with Gasteiger partial charge in [0.15, 0.2) is 0 Å². The molecule has 1 unspecified atom stereocenters. The average molecular weight is 494 g/mol. The Bertz CT molecular complexity index is 1110. The van der Waals surface area contributed by atoms with E-state index in [0.29, 0.717) is 38.4 Å². The Morgan fingerprint density at radius 1 is 0.935 bits per heavy atom. The number of carbonyl (C=O) groups is 2. The van der Waals surface area contributed by atoms with Gasteiger partial charge in [0.05, 0.1) is 21.0 Å². The van der Waals surface area contributed by atoms with E-state index in [9.17, 15) is 9.59 Å². The third kappa shape index (κ3) is 6.40. The minimum Gasteiger partial charge on any atom is -0.324 e. The van der Waals surface area contributed by atoms with Crippen LogP contribution in [0.15, 0.2) is 71.6 Å². The maximum absolute atomic E-state index is 12.8. The Hall–Kier alpha value is -2.18. The summed E-state index contributed by atoms with van der Waals surface area (Å²) in [5, 5.41) is 6.52. The van der Waals surface area contributed by atoms with E-state index in [1.807, 2.05) is 25.1 Å². The molecule has 1 atom stereocenters. The number of rotatable bonds is 7. The molecule has 0 aliphatic heterocycles. The van der Waals surface area contributed by atoms with Gasteiger partial charge in [0.25, 0.3) is 5.91 Å². The summed E-state index contributed by atoms with van der Waals surface area (Å²) in [6.45, 7) is 1.93. The van der Waals surface area contributed by atoms with Crippen molar-refractivity contribution in [2.45, 2.75) is 23.5 Å². The lowest BCUT2D eigenvalue weighted by Gasteiger charge is -2.16. The summed E-state index contributed by atoms with van der Waals surface area (Å²) in [4.78, 5) is 26.1. The first-order chi connectivity index (χ1) is 14.9. The number of amides is 2. The monoisotopic (exact) mass is 492 g/mol. The third-order valence-electron chi connectivity index (χ3n) is 4.33. The number of thioether (sulfide) groups is 1. The molecule has 2 N–H and O–H groups in total. The summed E-state index contributed by atoms with van der Waals surface area (Å²) < 4.78 is 0. The van der Waals surface area contributed by atoms with Crippen molar-refractivity contribution in [2.24, 2.45) is 0 Å². The van der Waals surface area contributed by atoms with Gasteiger partial charge in [-0.25, -0.2) is 0 Å². The van der Waals surface area contributed by atoms with Crippen molar-refractivity contribution in [1.82, 2.24) is 0 Å². The first kappa shape index (κ1) is 23.5. The number of hydrogen-bond acceptors (Lipinski definition) is 3. The van der Waals surface area contributed by atoms with E-state index in [-0.39, 0.29) is 17.1 Å². The average Bonchev–Trinajstić information content (AvgIpc) is 2.75. The lowest BCUT2D eigenvalue weighted by Crippen LogP contribution is -2.24. The van der Waals surface area contributed by atoms with Gasteiger partial charge >= 0.3 is 0 Å². The Morgan fingerprint density at radius 3 is 2.42 bits per heavy atom. The molecule has 3 aromatic carbocycles. The Morgan fingerprint density at radius 2 is 1.68 bits per heavy atom. The van der Waals surface area contributed by atoms with Gasteiger partial charge in [0.2, 0.25) is 5.91 Å². The highest BCUT2D eigenvalue weighted by Crippen LogP contribution is 2.32. The van der Waals surface area contributed by atoms with Crippen LogP contribution in [0.1, 0.15) is 23.7 Å². The van der Waals surface area contributed by atoms with Gasteiger partial charge in [-0.2, -0.15) is 0 Å². The minimum atomic E-state index is -0.353. The number of benzene rings is 3. The van der Waals surface area contributed by atoms with Crippen molar-refractivity contribution >= 4 is 69.8 Å². The van der Waals surface area contributed by atoms with Crippen LogP contribution in [-0.4, -0.2) is 17.1 Å². The lowest BCUT2D eigenvalue weighted by molar-refractivity contribution is -0.115. The fourth-order valence-corrected chi connectivity index (χ4v) is 4.33. The third-order valence-corrected chi connectivity index (χ3v) is 6.74. The predicted octanol–water partition coefficient (Wildman–Crippen LogP) is 7.41. The predicted molar refractivity (Wildman–Crippen MR) is 131 cm³/mol. The molecule has 0 aliphatic carbocycles. The van der Waals surface area contributed by atoms with Gasteiger partial charge in [-0.15, -0.1) is 11.8 Å². The molecule has 0 heterocycles. The molecule has 0 aromatic heterocycles. The second-order valence-electron chi connectivity index (χ2n) is 6.60. The van der Waals surface area contributed by atoms with Crippen LogP contribution in [0.5, 0.6) is 0 Å². The molecule has 0 radical (unpaired) electrons. The zero-order chi connectivity index (χ0) is 22.4. The van der Waals surface area contributed by atoms with Gasteiger partial charge < -0.3 is 10.6 Å². The molecule has 2 amide bonds. The molecule has 4 nitrogen and oxygen atoms in total. The van der Waals surface area contributed by atoms with E-state index < -0.39 is 0 Å². The number of hydrogen-bond donors (Lipinski definition) is 2. The van der Waals surface area contributed by atoms with E-state index in [4.69, 9.17) is 34.8 Å². The first-order valence-corrected chi connectivity index (χ1v) is 11.5. The zero-order valence-electron chi connectivity index (χ0n) is 16.5. The summed E-state index contributed by atoms with van der Waals surface area (Å²) >= 11 is 19.6. The van der Waals surface area contributed by atoms with E-state index in [1.165, 1.54) is 11.8 Å². The van der Waals surface area contributed by atoms with Crippen LogP contribution in [0.3, 0.4) is 0 Å². The van der Waals surface area contributed by atoms with Crippen molar-refractivity contribution < 1.29 is 9.59 Å². The van der Waals surface area contributed by atoms with Crippen molar-refractivity contribution in [1.29, 1.82) is 0 Å². The fourth-order valence-electron chi connectivity index (χ4n) is 2.78. The van der Waals surface area contributed by atoms with Gasteiger partial charge in [0.1, 0.15) is 0 Å². The van der Waals surface area contributed by atoms with Crippen LogP contribution in [0.2, 0.25) is 15.1 Å². The molecular formula is C23H19Cl3N2O2S. The number of anilines is 2. The molecule has 0 saturated carbocycles. The molecule has 3 rings (SSSR count). The van der Waals surface area contributed by atoms with Crippen LogP contribution in [-0.2, 0) is 4.79 Å². The lowest BCUT2D eigenvalue weighted by atomic mass is 10.2. The largest absolute Gasteiger partial charge is 0.324 e. The van der Waals surface area contributed by atoms with Gasteiger partial charge in [-0.3, -0.25) is 9.59 Å². The molecule has 8 heteroatoms. The van der Waals surface area contributed by atoms with E-state index in [0.717, 1.165) is 4.90 Å². The van der Waals surface area contributed by atoms with Crippen LogP contribution in [0.4, 0.5) is 11.4 Å². The van der Waals surface area contributed by atoms with Crippen molar-refractivity contribution in [3.8, 4) is 0 Å². The van der Waals surface area contributed by atoms with Crippen molar-refractivity contribution in [3.05, 3.63) is 87.4 Å². The summed E-state index contributed by atoms with van der Waals surface area (Å²) in [7, 11) is 0. The Kier molecular flexibility index (Phi) is 8.27. The molecule has 0 spiro atoms. The molecule has 0 aliphatic rings. The summed E-state index contributed by atoms with van der Waals surface area (Å²) in [5.41, 5.74) is 1.57. The standard InChI is InChI=1S/C23H19Cl3N2O2S/c1-2-20(23(30)28-19-11-5-10-18(25)21(19)26)31-17-9-4-8-16(13-17)27-22(29)14-6-3-7-15(24)12-14/h3-13,20H,2H2,1H3,(H,27,29)(H,28,30). The van der Waals surface area contributed by atoms with Crippen molar-refractivity contribution in [3.63, 3.8) is 0 Å². The van der Waals surface area contributed by atoms with E-state index >= 15 is 0 Å². The van der Waals surface area contributed by atoms with Gasteiger partial charge in [-0.1, -0.05) is 59.9 Å². The molecule has 160 valence electrons. The molecule has 3 aromatic rings. The minimum absolute atomic E-state index is 0.176. The molecule has 0 bridgehead atoms. The molecular weight excluding hydrogens is 475 g/mol. The first-order valence-electron chi connectivity index (χ1n) is 9.46. The molecule has 0 saturated heterocycles. The maximum Gasteiger partial charge on any atom is 0.255 e. The quantitative estimate of drug-likeness (QED) is 0.337. The van der Waals surface area contributed by atoms with Crippen LogP contribution in [0.25, 0.3) is 0 Å². The van der Waals surface area contributed by atoms with Gasteiger partial charge in [-0.05, 0) is 55.0 Å². The second-order valence-corrected chi connectivity index (χ2v) is 9.10.